The van der Waals surface area contributed by atoms with Crippen LogP contribution in [0, 0.1) is 0 Å². The largest absolute Gasteiger partial charge is 0.463 e. The quantitative estimate of drug-likeness (QED) is 0.887. The molecule has 3 N–H and O–H groups in total. The van der Waals surface area contributed by atoms with Crippen molar-refractivity contribution in [2.24, 2.45) is 5.73 Å². The van der Waals surface area contributed by atoms with Gasteiger partial charge in [-0.05, 0) is 24.1 Å². The number of nitrogens with two attached hydrogens (primary N) is 1. The van der Waals surface area contributed by atoms with E-state index in [1.807, 2.05) is 18.2 Å². The molecule has 2 heterocycles. The Hall–Kier alpha value is -2.54. The lowest BCUT2D eigenvalue weighted by Gasteiger charge is -2.31. The number of hydrogen-bond donors (Lipinski definition) is 2. The highest BCUT2D eigenvalue weighted by Gasteiger charge is 2.23. The number of rotatable bonds is 4. The topological polar surface area (TPSA) is 97.8 Å². The third-order valence-corrected chi connectivity index (χ3v) is 4.23. The minimum Gasteiger partial charge on any atom is -0.463 e. The highest BCUT2D eigenvalue weighted by molar-refractivity contribution is 6.06. The van der Waals surface area contributed by atoms with Gasteiger partial charge in [-0.3, -0.25) is 4.79 Å². The summed E-state index contributed by atoms with van der Waals surface area (Å²) >= 11 is 0. The number of fused-ring (bicyclic) bond motifs is 1. The fourth-order valence-electron chi connectivity index (χ4n) is 2.82. The third kappa shape index (κ3) is 3.35. The van der Waals surface area contributed by atoms with Gasteiger partial charge < -0.3 is 25.1 Å². The third-order valence-electron chi connectivity index (χ3n) is 4.23. The van der Waals surface area contributed by atoms with E-state index in [9.17, 15) is 9.59 Å². The van der Waals surface area contributed by atoms with Gasteiger partial charge >= 0.3 is 6.03 Å². The van der Waals surface area contributed by atoms with Crippen LogP contribution in [0.5, 0.6) is 0 Å². The number of amides is 3. The zero-order valence-electron chi connectivity index (χ0n) is 13.6. The van der Waals surface area contributed by atoms with Crippen molar-refractivity contribution < 1.29 is 18.7 Å². The molecule has 128 valence electrons. The molecular formula is C17H21N3O4. The number of ether oxygens (including phenoxy) is 1. The maximum atomic E-state index is 12.4. The van der Waals surface area contributed by atoms with Gasteiger partial charge in [-0.2, -0.15) is 0 Å². The Labute approximate surface area is 139 Å². The first kappa shape index (κ1) is 16.3. The summed E-state index contributed by atoms with van der Waals surface area (Å²) in [6.07, 6.45) is 2.09. The summed E-state index contributed by atoms with van der Waals surface area (Å²) < 4.78 is 11.0. The molecular weight excluding hydrogens is 310 g/mol. The van der Waals surface area contributed by atoms with Crippen molar-refractivity contribution in [1.29, 1.82) is 0 Å². The number of morpholine rings is 1. The van der Waals surface area contributed by atoms with Crippen LogP contribution >= 0.6 is 0 Å². The van der Waals surface area contributed by atoms with Crippen LogP contribution in [0.4, 0.5) is 4.79 Å². The molecule has 0 saturated carbocycles. The molecule has 2 aromatic rings. The summed E-state index contributed by atoms with van der Waals surface area (Å²) in [4.78, 5) is 25.2. The van der Waals surface area contributed by atoms with Gasteiger partial charge in [0.25, 0.3) is 5.91 Å². The lowest BCUT2D eigenvalue weighted by atomic mass is 10.1. The van der Waals surface area contributed by atoms with Crippen molar-refractivity contribution in [1.82, 2.24) is 10.2 Å². The second-order valence-electron chi connectivity index (χ2n) is 5.82. The monoisotopic (exact) mass is 331 g/mol. The molecule has 1 aromatic heterocycles. The Balaban J connectivity index is 1.66. The van der Waals surface area contributed by atoms with E-state index >= 15 is 0 Å². The summed E-state index contributed by atoms with van der Waals surface area (Å²) in [5.74, 6) is -0.221. The minimum absolute atomic E-state index is 0.221. The molecule has 3 amide bonds. The Morgan fingerprint density at radius 2 is 2.25 bits per heavy atom. The van der Waals surface area contributed by atoms with Crippen LogP contribution in [0.1, 0.15) is 22.8 Å². The first-order chi connectivity index (χ1) is 11.6. The maximum Gasteiger partial charge on any atom is 0.314 e. The van der Waals surface area contributed by atoms with Crippen LogP contribution in [0.3, 0.4) is 0 Å². The Bertz CT molecular complexity index is 755. The standard InChI is InChI=1S/C17H21N3O4/c1-2-11-3-4-15-13(7-11)14(10-24-15)16(21)19-8-12-9-20(17(18)22)5-6-23-12/h3-4,7,10,12H,2,5-6,8-9H2,1H3,(H2,18,22)(H,19,21)/t12-/m0/s1. The normalized spacial score (nSPS) is 17.9. The Morgan fingerprint density at radius 1 is 1.42 bits per heavy atom. The predicted octanol–water partition coefficient (Wildman–Crippen LogP) is 1.50. The highest BCUT2D eigenvalue weighted by atomic mass is 16.5. The van der Waals surface area contributed by atoms with E-state index in [2.05, 4.69) is 12.2 Å². The van der Waals surface area contributed by atoms with E-state index in [0.717, 1.165) is 17.4 Å². The van der Waals surface area contributed by atoms with Gasteiger partial charge in [0, 0.05) is 18.5 Å². The molecule has 0 aliphatic carbocycles. The van der Waals surface area contributed by atoms with Crippen LogP contribution < -0.4 is 11.1 Å². The molecule has 1 aromatic carbocycles. The van der Waals surface area contributed by atoms with Crippen molar-refractivity contribution in [3.8, 4) is 0 Å². The van der Waals surface area contributed by atoms with E-state index in [0.29, 0.717) is 37.4 Å². The molecule has 1 aliphatic rings. The van der Waals surface area contributed by atoms with E-state index < -0.39 is 6.03 Å². The van der Waals surface area contributed by atoms with Crippen LogP contribution in [-0.4, -0.2) is 49.2 Å². The van der Waals surface area contributed by atoms with Crippen LogP contribution in [0.15, 0.2) is 28.9 Å². The molecule has 1 aliphatic heterocycles. The second kappa shape index (κ2) is 6.92. The summed E-state index contributed by atoms with van der Waals surface area (Å²) in [6, 6.07) is 5.36. The lowest BCUT2D eigenvalue weighted by molar-refractivity contribution is -0.0110. The molecule has 7 heteroatoms. The second-order valence-corrected chi connectivity index (χ2v) is 5.82. The molecule has 24 heavy (non-hydrogen) atoms. The number of furan rings is 1. The summed E-state index contributed by atoms with van der Waals surface area (Å²) in [5.41, 5.74) is 7.62. The van der Waals surface area contributed by atoms with Crippen LogP contribution in [0.25, 0.3) is 11.0 Å². The average molecular weight is 331 g/mol. The molecule has 0 bridgehead atoms. The number of nitrogens with one attached hydrogen (secondary N) is 1. The van der Waals surface area contributed by atoms with Gasteiger partial charge in [0.1, 0.15) is 11.8 Å². The smallest absolute Gasteiger partial charge is 0.314 e. The number of aryl methyl sites for hydroxylation is 1. The number of hydrogen-bond acceptors (Lipinski definition) is 4. The fraction of sp³-hybridized carbons (Fsp3) is 0.412. The van der Waals surface area contributed by atoms with Gasteiger partial charge in [-0.25, -0.2) is 4.79 Å². The van der Waals surface area contributed by atoms with Gasteiger partial charge in [-0.15, -0.1) is 0 Å². The first-order valence-corrected chi connectivity index (χ1v) is 8.02. The molecule has 1 atom stereocenters. The van der Waals surface area contributed by atoms with Crippen molar-refractivity contribution in [3.05, 3.63) is 35.6 Å². The molecule has 3 rings (SSSR count). The summed E-state index contributed by atoms with van der Waals surface area (Å²) in [6.45, 7) is 3.64. The van der Waals surface area contributed by atoms with Crippen molar-refractivity contribution in [2.75, 3.05) is 26.2 Å². The van der Waals surface area contributed by atoms with E-state index in [-0.39, 0.29) is 12.0 Å². The van der Waals surface area contributed by atoms with Gasteiger partial charge in [-0.1, -0.05) is 13.0 Å². The Kier molecular flexibility index (Phi) is 4.71. The zero-order chi connectivity index (χ0) is 17.1. The highest BCUT2D eigenvalue weighted by Crippen LogP contribution is 2.23. The van der Waals surface area contributed by atoms with Crippen molar-refractivity contribution >= 4 is 22.9 Å². The van der Waals surface area contributed by atoms with Crippen molar-refractivity contribution in [2.45, 2.75) is 19.4 Å². The molecule has 0 unspecified atom stereocenters. The SMILES string of the molecule is CCc1ccc2occ(C(=O)NC[C@H]3CN(C(N)=O)CCO3)c2c1. The lowest BCUT2D eigenvalue weighted by Crippen LogP contribution is -2.51. The number of urea groups is 1. The Morgan fingerprint density at radius 3 is 3.00 bits per heavy atom. The number of carbonyl (C=O) groups is 2. The molecule has 0 radical (unpaired) electrons. The van der Waals surface area contributed by atoms with E-state index in [1.54, 1.807) is 0 Å². The van der Waals surface area contributed by atoms with Crippen LogP contribution in [-0.2, 0) is 11.2 Å². The minimum atomic E-state index is -0.470. The van der Waals surface area contributed by atoms with Crippen LogP contribution in [0.2, 0.25) is 0 Å². The zero-order valence-corrected chi connectivity index (χ0v) is 13.6. The predicted molar refractivity (Wildman–Crippen MR) is 88.8 cm³/mol. The van der Waals surface area contributed by atoms with E-state index in [1.165, 1.54) is 11.2 Å². The number of primary amides is 1. The van der Waals surface area contributed by atoms with Crippen molar-refractivity contribution in [3.63, 3.8) is 0 Å². The van der Waals surface area contributed by atoms with Gasteiger partial charge in [0.15, 0.2) is 0 Å². The molecule has 1 fully saturated rings. The van der Waals surface area contributed by atoms with E-state index in [4.69, 9.17) is 14.9 Å². The summed E-state index contributed by atoms with van der Waals surface area (Å²) in [7, 11) is 0. The maximum absolute atomic E-state index is 12.4. The number of benzene rings is 1. The molecule has 0 spiro atoms. The summed E-state index contributed by atoms with van der Waals surface area (Å²) in [5, 5.41) is 3.64. The van der Waals surface area contributed by atoms with Gasteiger partial charge in [0.05, 0.1) is 24.8 Å². The fourth-order valence-corrected chi connectivity index (χ4v) is 2.82. The first-order valence-electron chi connectivity index (χ1n) is 8.02. The number of carbonyl (C=O) groups excluding carboxylic acids is 2. The molecule has 7 nitrogen and oxygen atoms in total. The average Bonchev–Trinajstić information content (AvgIpc) is 3.03. The van der Waals surface area contributed by atoms with Gasteiger partial charge in [0.2, 0.25) is 0 Å². The number of nitrogens with zero attached hydrogens (tertiary/aromatic N) is 1. The molecule has 1 saturated heterocycles.